The highest BCUT2D eigenvalue weighted by atomic mass is 16.5. The number of aromatic nitrogens is 1. The van der Waals surface area contributed by atoms with Crippen molar-refractivity contribution in [2.45, 2.75) is 19.9 Å². The van der Waals surface area contributed by atoms with Crippen molar-refractivity contribution >= 4 is 16.7 Å². The zero-order valence-electron chi connectivity index (χ0n) is 14.2. The molecule has 0 saturated carbocycles. The summed E-state index contributed by atoms with van der Waals surface area (Å²) in [4.78, 5) is 16.0. The predicted octanol–water partition coefficient (Wildman–Crippen LogP) is 4.02. The number of methoxy groups -OCH3 is 1. The number of H-pyrrole nitrogens is 1. The number of Topliss-reactive ketones (excluding diaryl/α,β-unsaturated/α-hetero) is 1. The quantitative estimate of drug-likeness (QED) is 0.674. The lowest BCUT2D eigenvalue weighted by Crippen LogP contribution is -2.26. The van der Waals surface area contributed by atoms with Crippen molar-refractivity contribution in [2.24, 2.45) is 0 Å². The SMILES string of the molecule is COc1ccccc1[C@H](C)NCC(=O)c1c(C)[nH]c2ccccc12. The maximum atomic E-state index is 12.7. The number of benzene rings is 2. The molecule has 124 valence electrons. The molecule has 0 aliphatic carbocycles. The summed E-state index contributed by atoms with van der Waals surface area (Å²) in [5, 5.41) is 4.29. The Bertz CT molecular complexity index is 867. The molecule has 0 amide bonds. The minimum absolute atomic E-state index is 0.0237. The Morgan fingerprint density at radius 3 is 2.67 bits per heavy atom. The van der Waals surface area contributed by atoms with Crippen LogP contribution in [0.3, 0.4) is 0 Å². The van der Waals surface area contributed by atoms with E-state index in [-0.39, 0.29) is 18.4 Å². The van der Waals surface area contributed by atoms with E-state index in [0.29, 0.717) is 0 Å². The summed E-state index contributed by atoms with van der Waals surface area (Å²) in [7, 11) is 1.66. The first-order valence-electron chi connectivity index (χ1n) is 8.08. The second-order valence-electron chi connectivity index (χ2n) is 5.94. The third-order valence-electron chi connectivity index (χ3n) is 4.35. The predicted molar refractivity (Wildman–Crippen MR) is 96.8 cm³/mol. The van der Waals surface area contributed by atoms with Crippen molar-refractivity contribution < 1.29 is 9.53 Å². The van der Waals surface area contributed by atoms with Gasteiger partial charge in [0.2, 0.25) is 0 Å². The van der Waals surface area contributed by atoms with Gasteiger partial charge in [0.25, 0.3) is 0 Å². The highest BCUT2D eigenvalue weighted by Crippen LogP contribution is 2.25. The molecule has 2 N–H and O–H groups in total. The van der Waals surface area contributed by atoms with Crippen molar-refractivity contribution in [2.75, 3.05) is 13.7 Å². The highest BCUT2D eigenvalue weighted by molar-refractivity contribution is 6.10. The van der Waals surface area contributed by atoms with Crippen LogP contribution in [0.1, 0.15) is 34.6 Å². The molecule has 0 bridgehead atoms. The number of hydrogen-bond donors (Lipinski definition) is 2. The van der Waals surface area contributed by atoms with Gasteiger partial charge in [0, 0.05) is 33.8 Å². The number of hydrogen-bond acceptors (Lipinski definition) is 3. The molecule has 0 spiro atoms. The third kappa shape index (κ3) is 3.05. The summed E-state index contributed by atoms with van der Waals surface area (Å²) in [5.41, 5.74) is 3.72. The zero-order valence-corrected chi connectivity index (χ0v) is 14.2. The Labute approximate surface area is 141 Å². The lowest BCUT2D eigenvalue weighted by molar-refractivity contribution is 0.0988. The fourth-order valence-corrected chi connectivity index (χ4v) is 3.10. The van der Waals surface area contributed by atoms with Crippen LogP contribution in [0.15, 0.2) is 48.5 Å². The molecular weight excluding hydrogens is 300 g/mol. The van der Waals surface area contributed by atoms with E-state index in [0.717, 1.165) is 33.5 Å². The molecule has 0 fully saturated rings. The summed E-state index contributed by atoms with van der Waals surface area (Å²) in [6.07, 6.45) is 0. The van der Waals surface area contributed by atoms with Crippen molar-refractivity contribution in [3.63, 3.8) is 0 Å². The summed E-state index contributed by atoms with van der Waals surface area (Å²) >= 11 is 0. The van der Waals surface area contributed by atoms with Gasteiger partial charge in [-0.1, -0.05) is 36.4 Å². The summed E-state index contributed by atoms with van der Waals surface area (Å²) < 4.78 is 5.39. The third-order valence-corrected chi connectivity index (χ3v) is 4.35. The monoisotopic (exact) mass is 322 g/mol. The molecule has 24 heavy (non-hydrogen) atoms. The van der Waals surface area contributed by atoms with Gasteiger partial charge >= 0.3 is 0 Å². The topological polar surface area (TPSA) is 54.1 Å². The van der Waals surface area contributed by atoms with Crippen LogP contribution < -0.4 is 10.1 Å². The molecule has 0 saturated heterocycles. The van der Waals surface area contributed by atoms with E-state index in [2.05, 4.69) is 10.3 Å². The van der Waals surface area contributed by atoms with Crippen molar-refractivity contribution in [1.29, 1.82) is 0 Å². The lowest BCUT2D eigenvalue weighted by Gasteiger charge is -2.16. The van der Waals surface area contributed by atoms with Crippen LogP contribution in [-0.2, 0) is 0 Å². The maximum Gasteiger partial charge on any atom is 0.179 e. The number of ketones is 1. The number of aryl methyl sites for hydroxylation is 1. The number of aromatic amines is 1. The Kier molecular flexibility index (Phi) is 4.67. The minimum atomic E-state index is 0.0237. The Morgan fingerprint density at radius 1 is 1.17 bits per heavy atom. The fraction of sp³-hybridized carbons (Fsp3) is 0.250. The van der Waals surface area contributed by atoms with Crippen molar-refractivity contribution in [1.82, 2.24) is 10.3 Å². The van der Waals surface area contributed by atoms with Crippen LogP contribution in [0.4, 0.5) is 0 Å². The molecule has 0 unspecified atom stereocenters. The van der Waals surface area contributed by atoms with Gasteiger partial charge < -0.3 is 15.0 Å². The van der Waals surface area contributed by atoms with E-state index in [4.69, 9.17) is 4.74 Å². The summed E-state index contributed by atoms with van der Waals surface area (Å²) in [6.45, 7) is 4.26. The highest BCUT2D eigenvalue weighted by Gasteiger charge is 2.17. The van der Waals surface area contributed by atoms with Gasteiger partial charge in [-0.05, 0) is 26.0 Å². The van der Waals surface area contributed by atoms with Crippen molar-refractivity contribution in [3.05, 3.63) is 65.4 Å². The van der Waals surface area contributed by atoms with Crippen LogP contribution in [-0.4, -0.2) is 24.4 Å². The number of rotatable bonds is 6. The smallest absolute Gasteiger partial charge is 0.179 e. The zero-order chi connectivity index (χ0) is 17.1. The lowest BCUT2D eigenvalue weighted by atomic mass is 10.0. The number of carbonyl (C=O) groups is 1. The molecule has 0 radical (unpaired) electrons. The van der Waals surface area contributed by atoms with Crippen LogP contribution in [0, 0.1) is 6.92 Å². The van der Waals surface area contributed by atoms with Gasteiger partial charge in [0.15, 0.2) is 5.78 Å². The van der Waals surface area contributed by atoms with Gasteiger partial charge in [0.1, 0.15) is 5.75 Å². The molecule has 1 heterocycles. The molecule has 3 aromatic rings. The second-order valence-corrected chi connectivity index (χ2v) is 5.94. The van der Waals surface area contributed by atoms with Gasteiger partial charge in [-0.2, -0.15) is 0 Å². The molecule has 0 aliphatic rings. The first kappa shape index (κ1) is 16.3. The van der Waals surface area contributed by atoms with E-state index >= 15 is 0 Å². The average Bonchev–Trinajstić information content (AvgIpc) is 2.95. The standard InChI is InChI=1S/C20H22N2O2/c1-13(15-8-5-7-11-19(15)24-3)21-12-18(23)20-14(2)22-17-10-6-4-9-16(17)20/h4-11,13,21-22H,12H2,1-3H3/t13-/m0/s1. The van der Waals surface area contributed by atoms with Gasteiger partial charge in [0.05, 0.1) is 13.7 Å². The molecule has 3 rings (SSSR count). The van der Waals surface area contributed by atoms with Gasteiger partial charge in [-0.15, -0.1) is 0 Å². The minimum Gasteiger partial charge on any atom is -0.496 e. The number of para-hydroxylation sites is 2. The largest absolute Gasteiger partial charge is 0.496 e. The molecule has 1 aromatic heterocycles. The molecule has 0 aliphatic heterocycles. The van der Waals surface area contributed by atoms with E-state index < -0.39 is 0 Å². The van der Waals surface area contributed by atoms with E-state index in [1.807, 2.05) is 62.4 Å². The average molecular weight is 322 g/mol. The number of nitrogens with one attached hydrogen (secondary N) is 2. The van der Waals surface area contributed by atoms with Crippen LogP contribution in [0.2, 0.25) is 0 Å². The normalized spacial score (nSPS) is 12.3. The first-order chi connectivity index (χ1) is 11.6. The number of ether oxygens (including phenoxy) is 1. The molecule has 4 nitrogen and oxygen atoms in total. The Morgan fingerprint density at radius 2 is 1.88 bits per heavy atom. The molecule has 2 aromatic carbocycles. The fourth-order valence-electron chi connectivity index (χ4n) is 3.10. The molecular formula is C20H22N2O2. The summed E-state index contributed by atoms with van der Waals surface area (Å²) in [6, 6.07) is 15.8. The Hall–Kier alpha value is -2.59. The van der Waals surface area contributed by atoms with E-state index in [1.54, 1.807) is 7.11 Å². The van der Waals surface area contributed by atoms with Crippen LogP contribution in [0.25, 0.3) is 10.9 Å². The van der Waals surface area contributed by atoms with Gasteiger partial charge in [-0.3, -0.25) is 4.79 Å². The van der Waals surface area contributed by atoms with Crippen LogP contribution >= 0.6 is 0 Å². The first-order valence-corrected chi connectivity index (χ1v) is 8.08. The Balaban J connectivity index is 1.76. The maximum absolute atomic E-state index is 12.7. The van der Waals surface area contributed by atoms with E-state index in [9.17, 15) is 4.79 Å². The number of fused-ring (bicyclic) bond motifs is 1. The number of carbonyl (C=O) groups excluding carboxylic acids is 1. The van der Waals surface area contributed by atoms with Crippen LogP contribution in [0.5, 0.6) is 5.75 Å². The molecule has 1 atom stereocenters. The summed E-state index contributed by atoms with van der Waals surface area (Å²) in [5.74, 6) is 0.917. The van der Waals surface area contributed by atoms with E-state index in [1.165, 1.54) is 0 Å². The van der Waals surface area contributed by atoms with Crippen molar-refractivity contribution in [3.8, 4) is 5.75 Å². The van der Waals surface area contributed by atoms with Gasteiger partial charge in [-0.25, -0.2) is 0 Å². The molecule has 4 heteroatoms. The second kappa shape index (κ2) is 6.89.